The van der Waals surface area contributed by atoms with E-state index in [1.54, 1.807) is 0 Å². The number of alkyl halides is 34. The zero-order chi connectivity index (χ0) is 67.0. The highest BCUT2D eigenvalue weighted by atomic mass is 35.5. The molecule has 0 aliphatic heterocycles. The highest BCUT2D eigenvalue weighted by Crippen LogP contribution is 2.66. The molecule has 0 saturated carbocycles. The largest absolute Gasteiger partial charge is 1.00 e. The van der Waals surface area contributed by atoms with Crippen LogP contribution in [0.1, 0.15) is 24.0 Å². The van der Waals surface area contributed by atoms with Crippen molar-refractivity contribution in [2.24, 2.45) is 0 Å². The van der Waals surface area contributed by atoms with Crippen molar-refractivity contribution < 1.29 is 200 Å². The predicted molar refractivity (Wildman–Crippen MR) is 218 cm³/mol. The molecule has 0 atom stereocenters. The molecule has 2 aromatic carbocycles. The van der Waals surface area contributed by atoms with Gasteiger partial charge in [-0.05, 0) is 11.1 Å². The third-order valence-electron chi connectivity index (χ3n) is 12.0. The van der Waals surface area contributed by atoms with Crippen molar-refractivity contribution in [2.75, 3.05) is 54.4 Å². The van der Waals surface area contributed by atoms with Gasteiger partial charge in [0.05, 0.1) is 41.3 Å². The first-order valence-corrected chi connectivity index (χ1v) is 24.7. The number of halogens is 36. The summed E-state index contributed by atoms with van der Waals surface area (Å²) in [6.07, 6.45) is -17.5. The zero-order valence-electron chi connectivity index (χ0n) is 42.2. The lowest BCUT2D eigenvalue weighted by Crippen LogP contribution is -3.00. The molecule has 46 heteroatoms. The van der Waals surface area contributed by atoms with Crippen LogP contribution in [0.4, 0.5) is 149 Å². The van der Waals surface area contributed by atoms with E-state index in [1.165, 1.54) is 76.7 Å². The molecule has 0 spiro atoms. The minimum absolute atomic E-state index is 0. The zero-order valence-corrected chi connectivity index (χ0v) is 45.4. The van der Waals surface area contributed by atoms with E-state index in [2.05, 4.69) is 0 Å². The molecule has 0 saturated heterocycles. The topological polar surface area (TPSA) is 92.3 Å². The summed E-state index contributed by atoms with van der Waals surface area (Å²) in [4.78, 5) is 0. The van der Waals surface area contributed by atoms with Crippen LogP contribution in [0.15, 0.2) is 48.5 Å². The van der Waals surface area contributed by atoms with Crippen LogP contribution in [-0.4, -0.2) is 174 Å². The third kappa shape index (κ3) is 13.7. The molecule has 2 aromatic rings. The first-order valence-electron chi connectivity index (χ1n) is 21.8. The van der Waals surface area contributed by atoms with E-state index >= 15 is 0 Å². The molecule has 8 nitrogen and oxygen atoms in total. The molecule has 0 amide bonds. The minimum atomic E-state index is -9.00. The predicted octanol–water partition coefficient (Wildman–Crippen LogP) is 7.07. The number of benzene rings is 2. The summed E-state index contributed by atoms with van der Waals surface area (Å²) in [6, 6.07) is 11.6. The lowest BCUT2D eigenvalue weighted by Gasteiger charge is -2.42. The second kappa shape index (κ2) is 24.5. The first kappa shape index (κ1) is 82.4. The number of nitrogens with one attached hydrogen (secondary N) is 2. The van der Waals surface area contributed by atoms with Crippen LogP contribution >= 0.6 is 0 Å². The molecule has 0 radical (unpaired) electrons. The summed E-state index contributed by atoms with van der Waals surface area (Å²) >= 11 is 0. The quantitative estimate of drug-likeness (QED) is 0.0519. The fourth-order valence-corrected chi connectivity index (χ4v) is 9.12. The highest BCUT2D eigenvalue weighted by molar-refractivity contribution is 7.90. The molecule has 2 rings (SSSR count). The highest BCUT2D eigenvalue weighted by Gasteiger charge is 2.98. The van der Waals surface area contributed by atoms with Crippen LogP contribution < -0.4 is 34.3 Å². The number of quaternary nitrogens is 2. The maximum atomic E-state index is 14.4. The lowest BCUT2D eigenvalue weighted by molar-refractivity contribution is -0.903. The van der Waals surface area contributed by atoms with E-state index < -0.39 is 153 Å². The van der Waals surface area contributed by atoms with Gasteiger partial charge in [-0.2, -0.15) is 149 Å². The van der Waals surface area contributed by atoms with Crippen LogP contribution in [0.25, 0.3) is 11.1 Å². The van der Waals surface area contributed by atoms with Gasteiger partial charge in [0.25, 0.3) is 20.0 Å². The molecule has 0 heterocycles. The number of rotatable bonds is 29. The van der Waals surface area contributed by atoms with Crippen molar-refractivity contribution in [3.63, 3.8) is 0 Å². The number of sulfonamides is 2. The summed E-state index contributed by atoms with van der Waals surface area (Å²) in [6.45, 7) is -4.02. The Balaban J connectivity index is 0.0000361. The summed E-state index contributed by atoms with van der Waals surface area (Å²) in [7, 11) is -9.71. The van der Waals surface area contributed by atoms with Crippen LogP contribution in [0.5, 0.6) is 0 Å². The van der Waals surface area contributed by atoms with Gasteiger partial charge in [-0.3, -0.25) is 0 Å². The Hall–Kier alpha value is -3.62. The van der Waals surface area contributed by atoms with Crippen LogP contribution in [0, 0.1) is 0 Å². The Morgan fingerprint density at radius 3 is 0.698 bits per heavy atom. The maximum absolute atomic E-state index is 14.4. The molecular formula is C40H38Cl2F34N4O4S2. The standard InChI is InChI=1S/C40H38F34N4O4S2.2ClH/c1-77(2,17-5-15-75-83(79,80)39(71,72)35(61,62)31(53,54)27(45,46)25(41,42)29(49,50)33(57,58)37(65,66)67)19-21-7-11-23(12-8-21)24-13-9-22(10-14-24)20-78(3,4)18-6-16-76-84(81,82)40(73,74)36(63,64)32(55,56)28(47,48)26(43,44)30(51,52)34(59,60)38(68,69)70;;/h7-14,75-76H,5-6,15-20H2,1-4H3;2*1H/q+2;;/p-2. The van der Waals surface area contributed by atoms with E-state index in [0.29, 0.717) is 31.7 Å². The van der Waals surface area contributed by atoms with E-state index in [4.69, 9.17) is 0 Å². The maximum Gasteiger partial charge on any atom is 0.460 e. The lowest BCUT2D eigenvalue weighted by atomic mass is 9.91. The third-order valence-corrected chi connectivity index (χ3v) is 15.0. The Morgan fingerprint density at radius 1 is 0.314 bits per heavy atom. The van der Waals surface area contributed by atoms with Crippen molar-refractivity contribution in [1.82, 2.24) is 9.44 Å². The summed E-state index contributed by atoms with van der Waals surface area (Å²) < 4.78 is 511. The smallest absolute Gasteiger partial charge is 0.460 e. The van der Waals surface area contributed by atoms with Gasteiger partial charge in [0.2, 0.25) is 0 Å². The van der Waals surface area contributed by atoms with Gasteiger partial charge < -0.3 is 33.8 Å². The molecular weight excluding hydrogens is 1380 g/mol. The van der Waals surface area contributed by atoms with Crippen LogP contribution in [-0.2, 0) is 33.1 Å². The van der Waals surface area contributed by atoms with Gasteiger partial charge in [0.1, 0.15) is 13.1 Å². The number of nitrogens with zero attached hydrogens (tertiary/aromatic N) is 2. The molecule has 0 aliphatic carbocycles. The first-order chi connectivity index (χ1) is 36.5. The Morgan fingerprint density at radius 2 is 0.500 bits per heavy atom. The van der Waals surface area contributed by atoms with E-state index in [1.807, 2.05) is 0 Å². The second-order valence-corrected chi connectivity index (χ2v) is 23.1. The summed E-state index contributed by atoms with van der Waals surface area (Å²) in [5.74, 6) is -105. The molecule has 0 fully saturated rings. The van der Waals surface area contributed by atoms with Gasteiger partial charge in [-0.25, -0.2) is 26.3 Å². The van der Waals surface area contributed by atoms with Crippen LogP contribution in [0.3, 0.4) is 0 Å². The van der Waals surface area contributed by atoms with Crippen molar-refractivity contribution in [3.8, 4) is 11.1 Å². The normalized spacial score (nSPS) is 15.6. The molecule has 0 aliphatic rings. The summed E-state index contributed by atoms with van der Waals surface area (Å²) in [5, 5.41) is -15.5. The van der Waals surface area contributed by atoms with Crippen molar-refractivity contribution >= 4 is 20.0 Å². The molecule has 0 bridgehead atoms. The monoisotopic (exact) mass is 1420 g/mol. The van der Waals surface area contributed by atoms with Gasteiger partial charge in [0, 0.05) is 37.1 Å². The van der Waals surface area contributed by atoms with E-state index in [-0.39, 0.29) is 46.9 Å². The van der Waals surface area contributed by atoms with Crippen LogP contribution in [0.2, 0.25) is 0 Å². The molecule has 0 aromatic heterocycles. The van der Waals surface area contributed by atoms with Crippen molar-refractivity contribution in [3.05, 3.63) is 59.7 Å². The van der Waals surface area contributed by atoms with Crippen molar-refractivity contribution in [1.29, 1.82) is 0 Å². The minimum Gasteiger partial charge on any atom is -1.00 e. The van der Waals surface area contributed by atoms with E-state index in [9.17, 15) is 166 Å². The average molecular weight is 1420 g/mol. The number of hydrogen-bond acceptors (Lipinski definition) is 4. The fraction of sp³-hybridized carbons (Fsp3) is 0.700. The number of hydrogen-bond donors (Lipinski definition) is 2. The molecule has 506 valence electrons. The Bertz CT molecular complexity index is 2660. The van der Waals surface area contributed by atoms with Crippen molar-refractivity contribution in [2.45, 2.75) is 120 Å². The Labute approximate surface area is 473 Å². The fourth-order valence-electron chi connectivity index (χ4n) is 7.00. The molecule has 2 N–H and O–H groups in total. The molecule has 86 heavy (non-hydrogen) atoms. The van der Waals surface area contributed by atoms with Gasteiger partial charge in [0.15, 0.2) is 0 Å². The van der Waals surface area contributed by atoms with Gasteiger partial charge in [-0.1, -0.05) is 48.5 Å². The van der Waals surface area contributed by atoms with Gasteiger partial charge in [-0.15, -0.1) is 0 Å². The Kier molecular flexibility index (Phi) is 23.5. The summed E-state index contributed by atoms with van der Waals surface area (Å²) in [5.41, 5.74) is 1.66. The second-order valence-electron chi connectivity index (χ2n) is 19.5. The molecule has 0 unspecified atom stereocenters. The van der Waals surface area contributed by atoms with Gasteiger partial charge >= 0.3 is 93.9 Å². The average Bonchev–Trinajstić information content (AvgIpc) is 0.744. The van der Waals surface area contributed by atoms with E-state index in [0.717, 1.165) is 0 Å². The SMILES string of the molecule is C[N+](C)(CCCNS(=O)(=O)C(F)(F)C(F)(F)C(F)(F)C(F)(F)C(F)(F)C(F)(F)C(F)(F)C(F)(F)F)Cc1ccc(-c2ccc(C[N+](C)(C)CCCNS(=O)(=O)C(F)(F)C(F)(F)C(F)(F)C(F)(F)C(F)(F)C(F)(F)C(F)(F)C(F)(F)F)cc2)cc1.[Cl-].[Cl-].